The highest BCUT2D eigenvalue weighted by Crippen LogP contribution is 2.31. The smallest absolute Gasteiger partial charge is 0.196 e. The molecule has 0 saturated carbocycles. The second kappa shape index (κ2) is 3.48. The number of anilines is 1. The Hall–Kier alpha value is -1.26. The molecule has 0 fully saturated rings. The summed E-state index contributed by atoms with van der Waals surface area (Å²) in [5.41, 5.74) is 6.53. The van der Waals surface area contributed by atoms with Crippen LogP contribution >= 0.6 is 23.2 Å². The van der Waals surface area contributed by atoms with Crippen LogP contribution in [0, 0.1) is 0 Å². The predicted octanol–water partition coefficient (Wildman–Crippen LogP) is 2.63. The number of hydrogen-bond acceptors (Lipinski definition) is 4. The minimum atomic E-state index is 0.189. The molecule has 14 heavy (non-hydrogen) atoms. The van der Waals surface area contributed by atoms with E-state index < -0.39 is 0 Å². The predicted molar refractivity (Wildman–Crippen MR) is 54.2 cm³/mol. The van der Waals surface area contributed by atoms with Gasteiger partial charge in [0.15, 0.2) is 11.5 Å². The van der Waals surface area contributed by atoms with Gasteiger partial charge in [-0.2, -0.15) is 0 Å². The van der Waals surface area contributed by atoms with Gasteiger partial charge < -0.3 is 5.73 Å². The van der Waals surface area contributed by atoms with E-state index in [0.29, 0.717) is 21.3 Å². The van der Waals surface area contributed by atoms with Gasteiger partial charge in [0.1, 0.15) is 0 Å². The summed E-state index contributed by atoms with van der Waals surface area (Å²) in [5.74, 6) is 0.189. The fourth-order valence-electron chi connectivity index (χ4n) is 1.06. The molecule has 1 aromatic heterocycles. The maximum atomic E-state index is 5.94. The van der Waals surface area contributed by atoms with Crippen LogP contribution in [0.5, 0.6) is 0 Å². The summed E-state index contributed by atoms with van der Waals surface area (Å²) in [6.07, 6.45) is 0. The van der Waals surface area contributed by atoms with Crippen molar-refractivity contribution in [1.82, 2.24) is 10.3 Å². The monoisotopic (exact) mass is 229 g/mol. The van der Waals surface area contributed by atoms with Crippen molar-refractivity contribution in [2.45, 2.75) is 0 Å². The molecule has 4 nitrogen and oxygen atoms in total. The number of aromatic nitrogens is 2. The molecule has 2 N–H and O–H groups in total. The molecular weight excluding hydrogens is 225 g/mol. The minimum Gasteiger partial charge on any atom is -0.379 e. The largest absolute Gasteiger partial charge is 0.379 e. The van der Waals surface area contributed by atoms with Crippen LogP contribution in [0.4, 0.5) is 5.82 Å². The molecule has 0 aliphatic rings. The van der Waals surface area contributed by atoms with Crippen LogP contribution in [-0.2, 0) is 0 Å². The first kappa shape index (κ1) is 9.30. The summed E-state index contributed by atoms with van der Waals surface area (Å²) in [7, 11) is 0. The van der Waals surface area contributed by atoms with E-state index in [-0.39, 0.29) is 5.82 Å². The number of nitrogens with two attached hydrogens (primary N) is 1. The molecule has 2 aromatic rings. The number of benzene rings is 1. The summed E-state index contributed by atoms with van der Waals surface area (Å²) in [6, 6.07) is 4.99. The summed E-state index contributed by atoms with van der Waals surface area (Å²) in [5, 5.41) is 8.13. The first-order valence-electron chi connectivity index (χ1n) is 3.72. The van der Waals surface area contributed by atoms with Crippen LogP contribution in [0.2, 0.25) is 10.0 Å². The second-order valence-electron chi connectivity index (χ2n) is 2.62. The fraction of sp³-hybridized carbons (Fsp3) is 0. The molecule has 2 rings (SSSR count). The molecule has 0 aliphatic heterocycles. The van der Waals surface area contributed by atoms with E-state index in [2.05, 4.69) is 14.9 Å². The van der Waals surface area contributed by atoms with Gasteiger partial charge in [0.05, 0.1) is 5.02 Å². The van der Waals surface area contributed by atoms with Gasteiger partial charge in [0.25, 0.3) is 0 Å². The van der Waals surface area contributed by atoms with Crippen LogP contribution in [0.3, 0.4) is 0 Å². The molecule has 0 bridgehead atoms. The van der Waals surface area contributed by atoms with Crippen molar-refractivity contribution in [3.05, 3.63) is 28.2 Å². The number of nitrogens with zero attached hydrogens (tertiary/aromatic N) is 2. The fourth-order valence-corrected chi connectivity index (χ4v) is 1.44. The molecule has 6 heteroatoms. The van der Waals surface area contributed by atoms with Crippen LogP contribution in [0.1, 0.15) is 0 Å². The van der Waals surface area contributed by atoms with E-state index in [1.54, 1.807) is 18.2 Å². The minimum absolute atomic E-state index is 0.189. The zero-order valence-electron chi connectivity index (χ0n) is 6.87. The highest BCUT2D eigenvalue weighted by atomic mass is 35.5. The Morgan fingerprint density at radius 1 is 1.21 bits per heavy atom. The van der Waals surface area contributed by atoms with Crippen molar-refractivity contribution >= 4 is 29.0 Å². The van der Waals surface area contributed by atoms with Crippen molar-refractivity contribution in [3.8, 4) is 11.3 Å². The average molecular weight is 230 g/mol. The van der Waals surface area contributed by atoms with Crippen molar-refractivity contribution < 1.29 is 4.63 Å². The standard InChI is InChI=1S/C8H5Cl2N3O/c9-4-1-2-6(10)5(3-4)7-8(11)13-14-12-7/h1-3H,(H2,11,13). The maximum absolute atomic E-state index is 5.94. The van der Waals surface area contributed by atoms with Gasteiger partial charge in [-0.15, -0.1) is 0 Å². The topological polar surface area (TPSA) is 64.9 Å². The van der Waals surface area contributed by atoms with Gasteiger partial charge in [0.2, 0.25) is 0 Å². The Balaban J connectivity index is 2.62. The molecule has 0 saturated heterocycles. The van der Waals surface area contributed by atoms with Gasteiger partial charge in [0, 0.05) is 10.6 Å². The number of rotatable bonds is 1. The van der Waals surface area contributed by atoms with Crippen molar-refractivity contribution in [2.24, 2.45) is 0 Å². The molecule has 1 heterocycles. The van der Waals surface area contributed by atoms with Gasteiger partial charge >= 0.3 is 0 Å². The summed E-state index contributed by atoms with van der Waals surface area (Å²) in [4.78, 5) is 0. The number of halogens is 2. The quantitative estimate of drug-likeness (QED) is 0.817. The third kappa shape index (κ3) is 1.54. The summed E-state index contributed by atoms with van der Waals surface area (Å²) in [6.45, 7) is 0. The highest BCUT2D eigenvalue weighted by Gasteiger charge is 2.12. The zero-order chi connectivity index (χ0) is 10.1. The molecule has 0 aliphatic carbocycles. The Morgan fingerprint density at radius 3 is 2.64 bits per heavy atom. The van der Waals surface area contributed by atoms with Crippen molar-refractivity contribution in [2.75, 3.05) is 5.73 Å². The molecule has 0 radical (unpaired) electrons. The Morgan fingerprint density at radius 2 is 2.00 bits per heavy atom. The molecule has 72 valence electrons. The van der Waals surface area contributed by atoms with E-state index in [4.69, 9.17) is 28.9 Å². The Bertz CT molecular complexity index is 469. The lowest BCUT2D eigenvalue weighted by Gasteiger charge is -2.00. The molecule has 0 atom stereocenters. The highest BCUT2D eigenvalue weighted by molar-refractivity contribution is 6.35. The lowest BCUT2D eigenvalue weighted by molar-refractivity contribution is 0.310. The first-order valence-corrected chi connectivity index (χ1v) is 4.47. The SMILES string of the molecule is Nc1nonc1-c1cc(Cl)ccc1Cl. The van der Waals surface area contributed by atoms with Crippen LogP contribution < -0.4 is 5.73 Å². The third-order valence-electron chi connectivity index (χ3n) is 1.70. The molecule has 0 amide bonds. The Labute approximate surface area is 89.6 Å². The average Bonchev–Trinajstić information content (AvgIpc) is 2.56. The van der Waals surface area contributed by atoms with E-state index in [1.165, 1.54) is 0 Å². The molecular formula is C8H5Cl2N3O. The zero-order valence-corrected chi connectivity index (χ0v) is 8.38. The summed E-state index contributed by atoms with van der Waals surface area (Å²) < 4.78 is 4.47. The van der Waals surface area contributed by atoms with E-state index in [9.17, 15) is 0 Å². The third-order valence-corrected chi connectivity index (χ3v) is 2.26. The molecule has 0 unspecified atom stereocenters. The lowest BCUT2D eigenvalue weighted by atomic mass is 10.1. The molecule has 0 spiro atoms. The number of hydrogen-bond donors (Lipinski definition) is 1. The van der Waals surface area contributed by atoms with E-state index in [1.807, 2.05) is 0 Å². The van der Waals surface area contributed by atoms with Crippen molar-refractivity contribution in [3.63, 3.8) is 0 Å². The van der Waals surface area contributed by atoms with Crippen LogP contribution in [0.25, 0.3) is 11.3 Å². The van der Waals surface area contributed by atoms with E-state index in [0.717, 1.165) is 0 Å². The second-order valence-corrected chi connectivity index (χ2v) is 3.47. The van der Waals surface area contributed by atoms with E-state index >= 15 is 0 Å². The summed E-state index contributed by atoms with van der Waals surface area (Å²) >= 11 is 11.7. The van der Waals surface area contributed by atoms with Gasteiger partial charge in [-0.25, -0.2) is 4.63 Å². The molecule has 1 aromatic carbocycles. The van der Waals surface area contributed by atoms with Crippen LogP contribution in [-0.4, -0.2) is 10.3 Å². The normalized spacial score (nSPS) is 10.4. The Kier molecular flexibility index (Phi) is 2.31. The number of nitrogen functional groups attached to an aromatic ring is 1. The first-order chi connectivity index (χ1) is 6.68. The van der Waals surface area contributed by atoms with Gasteiger partial charge in [-0.05, 0) is 28.5 Å². The lowest BCUT2D eigenvalue weighted by Crippen LogP contribution is -1.89. The van der Waals surface area contributed by atoms with Crippen molar-refractivity contribution in [1.29, 1.82) is 0 Å². The maximum Gasteiger partial charge on any atom is 0.196 e. The van der Waals surface area contributed by atoms with Gasteiger partial charge in [-0.3, -0.25) is 0 Å². The van der Waals surface area contributed by atoms with Crippen LogP contribution in [0.15, 0.2) is 22.8 Å². The van der Waals surface area contributed by atoms with Gasteiger partial charge in [-0.1, -0.05) is 23.2 Å².